The van der Waals surface area contributed by atoms with Crippen LogP contribution in [-0.2, 0) is 12.8 Å². The lowest BCUT2D eigenvalue weighted by Gasteiger charge is -1.95. The van der Waals surface area contributed by atoms with E-state index < -0.39 is 0 Å². The molecule has 0 radical (unpaired) electrons. The largest absolute Gasteiger partial charge is 0.342 e. The highest BCUT2D eigenvalue weighted by molar-refractivity contribution is 7.09. The normalized spacial score (nSPS) is 11.2. The molecule has 0 unspecified atom stereocenters. The fourth-order valence-corrected chi connectivity index (χ4v) is 2.93. The van der Waals surface area contributed by atoms with Crippen LogP contribution in [0.4, 0.5) is 0 Å². The van der Waals surface area contributed by atoms with Gasteiger partial charge in [-0.05, 0) is 48.9 Å². The molecule has 0 saturated heterocycles. The Morgan fingerprint density at radius 1 is 1.22 bits per heavy atom. The lowest BCUT2D eigenvalue weighted by atomic mass is 10.2. The highest BCUT2D eigenvalue weighted by Crippen LogP contribution is 2.16. The summed E-state index contributed by atoms with van der Waals surface area (Å²) in [5, 5.41) is 2.14. The van der Waals surface area contributed by atoms with Gasteiger partial charge in [0.15, 0.2) is 0 Å². The van der Waals surface area contributed by atoms with Gasteiger partial charge in [0.2, 0.25) is 0 Å². The molecule has 0 bridgehead atoms. The molecule has 92 valence electrons. The third kappa shape index (κ3) is 2.46. The molecule has 0 aliphatic carbocycles. The van der Waals surface area contributed by atoms with Gasteiger partial charge in [0.1, 0.15) is 5.82 Å². The summed E-state index contributed by atoms with van der Waals surface area (Å²) in [7, 11) is 0. The highest BCUT2D eigenvalue weighted by atomic mass is 32.1. The van der Waals surface area contributed by atoms with Crippen LogP contribution in [-0.4, -0.2) is 9.97 Å². The van der Waals surface area contributed by atoms with E-state index in [1.165, 1.54) is 10.4 Å². The van der Waals surface area contributed by atoms with Crippen LogP contribution in [0.2, 0.25) is 0 Å². The zero-order valence-corrected chi connectivity index (χ0v) is 11.3. The second-order valence-corrected chi connectivity index (χ2v) is 5.67. The first kappa shape index (κ1) is 11.5. The van der Waals surface area contributed by atoms with Crippen LogP contribution in [0.1, 0.15) is 22.7 Å². The number of aromatic amines is 1. The third-order valence-electron chi connectivity index (χ3n) is 3.10. The molecule has 0 amide bonds. The molecule has 2 heterocycles. The molecule has 0 fully saturated rings. The smallest absolute Gasteiger partial charge is 0.107 e. The van der Waals surface area contributed by atoms with E-state index in [0.29, 0.717) is 0 Å². The topological polar surface area (TPSA) is 28.7 Å². The van der Waals surface area contributed by atoms with E-state index in [0.717, 1.165) is 36.1 Å². The maximum atomic E-state index is 4.62. The van der Waals surface area contributed by atoms with Crippen LogP contribution in [0.25, 0.3) is 11.0 Å². The number of hydrogen-bond donors (Lipinski definition) is 1. The average Bonchev–Trinajstić information content (AvgIpc) is 2.97. The van der Waals surface area contributed by atoms with Crippen molar-refractivity contribution in [1.82, 2.24) is 9.97 Å². The summed E-state index contributed by atoms with van der Waals surface area (Å²) >= 11 is 1.83. The Kier molecular flexibility index (Phi) is 3.15. The summed E-state index contributed by atoms with van der Waals surface area (Å²) < 4.78 is 0. The van der Waals surface area contributed by atoms with Gasteiger partial charge in [0, 0.05) is 11.3 Å². The molecule has 0 aliphatic rings. The first-order valence-corrected chi connectivity index (χ1v) is 7.17. The summed E-state index contributed by atoms with van der Waals surface area (Å²) in [4.78, 5) is 9.49. The number of H-pyrrole nitrogens is 1. The first-order valence-electron chi connectivity index (χ1n) is 6.29. The number of nitrogens with one attached hydrogen (secondary N) is 1. The van der Waals surface area contributed by atoms with Gasteiger partial charge in [0.05, 0.1) is 11.0 Å². The monoisotopic (exact) mass is 256 g/mol. The van der Waals surface area contributed by atoms with E-state index in [1.54, 1.807) is 0 Å². The van der Waals surface area contributed by atoms with Gasteiger partial charge in [-0.25, -0.2) is 4.98 Å². The SMILES string of the molecule is Cc1ccc2nc(CCCc3cccs3)[nH]c2c1. The van der Waals surface area contributed by atoms with E-state index in [9.17, 15) is 0 Å². The van der Waals surface area contributed by atoms with Crippen LogP contribution in [0.5, 0.6) is 0 Å². The standard InChI is InChI=1S/C15H16N2S/c1-11-7-8-13-14(10-11)17-15(16-13)6-2-4-12-5-3-9-18-12/h3,5,7-10H,2,4,6H2,1H3,(H,16,17). The Hall–Kier alpha value is -1.61. The van der Waals surface area contributed by atoms with Gasteiger partial charge in [-0.2, -0.15) is 0 Å². The van der Waals surface area contributed by atoms with Crippen molar-refractivity contribution in [3.05, 3.63) is 52.0 Å². The first-order chi connectivity index (χ1) is 8.81. The molecule has 1 N–H and O–H groups in total. The number of thiophene rings is 1. The Morgan fingerprint density at radius 2 is 2.17 bits per heavy atom. The van der Waals surface area contributed by atoms with E-state index >= 15 is 0 Å². The van der Waals surface area contributed by atoms with Gasteiger partial charge in [-0.3, -0.25) is 0 Å². The number of imidazole rings is 1. The Balaban J connectivity index is 1.67. The van der Waals surface area contributed by atoms with Crippen molar-refractivity contribution in [3.63, 3.8) is 0 Å². The number of rotatable bonds is 4. The summed E-state index contributed by atoms with van der Waals surface area (Å²) in [6.07, 6.45) is 3.32. The Bertz CT molecular complexity index is 638. The molecule has 0 spiro atoms. The van der Waals surface area contributed by atoms with Crippen molar-refractivity contribution in [3.8, 4) is 0 Å². The number of hydrogen-bond acceptors (Lipinski definition) is 2. The van der Waals surface area contributed by atoms with Crippen LogP contribution in [0.15, 0.2) is 35.7 Å². The molecule has 2 aromatic heterocycles. The van der Waals surface area contributed by atoms with Gasteiger partial charge in [-0.15, -0.1) is 11.3 Å². The van der Waals surface area contributed by atoms with E-state index in [-0.39, 0.29) is 0 Å². The minimum absolute atomic E-state index is 1.02. The Morgan fingerprint density at radius 3 is 3.00 bits per heavy atom. The Labute approximate surface area is 111 Å². The summed E-state index contributed by atoms with van der Waals surface area (Å²) in [5.74, 6) is 1.10. The minimum atomic E-state index is 1.02. The van der Waals surface area contributed by atoms with Gasteiger partial charge in [-0.1, -0.05) is 12.1 Å². The summed E-state index contributed by atoms with van der Waals surface area (Å²) in [6, 6.07) is 10.7. The molecule has 3 aromatic rings. The van der Waals surface area contributed by atoms with Crippen LogP contribution >= 0.6 is 11.3 Å². The number of aryl methyl sites for hydroxylation is 3. The predicted octanol–water partition coefficient (Wildman–Crippen LogP) is 4.11. The van der Waals surface area contributed by atoms with Gasteiger partial charge < -0.3 is 4.98 Å². The average molecular weight is 256 g/mol. The maximum absolute atomic E-state index is 4.62. The minimum Gasteiger partial charge on any atom is -0.342 e. The van der Waals surface area contributed by atoms with Crippen molar-refractivity contribution < 1.29 is 0 Å². The second kappa shape index (κ2) is 4.94. The number of aromatic nitrogens is 2. The van der Waals surface area contributed by atoms with Crippen LogP contribution in [0.3, 0.4) is 0 Å². The highest BCUT2D eigenvalue weighted by Gasteiger charge is 2.03. The van der Waals surface area contributed by atoms with Crippen molar-refractivity contribution in [2.45, 2.75) is 26.2 Å². The number of nitrogens with zero attached hydrogens (tertiary/aromatic N) is 1. The van der Waals surface area contributed by atoms with Crippen molar-refractivity contribution in [2.75, 3.05) is 0 Å². The number of fused-ring (bicyclic) bond motifs is 1. The summed E-state index contributed by atoms with van der Waals surface area (Å²) in [5.41, 5.74) is 3.50. The van der Waals surface area contributed by atoms with Crippen molar-refractivity contribution in [2.24, 2.45) is 0 Å². The molecule has 0 aliphatic heterocycles. The molecular formula is C15H16N2S. The molecular weight excluding hydrogens is 240 g/mol. The lowest BCUT2D eigenvalue weighted by Crippen LogP contribution is -1.90. The fourth-order valence-electron chi connectivity index (χ4n) is 2.18. The second-order valence-electron chi connectivity index (χ2n) is 4.64. The van der Waals surface area contributed by atoms with Crippen LogP contribution < -0.4 is 0 Å². The van der Waals surface area contributed by atoms with Gasteiger partial charge in [0.25, 0.3) is 0 Å². The van der Waals surface area contributed by atoms with Gasteiger partial charge >= 0.3 is 0 Å². The maximum Gasteiger partial charge on any atom is 0.107 e. The zero-order valence-electron chi connectivity index (χ0n) is 10.4. The molecule has 0 atom stereocenters. The lowest BCUT2D eigenvalue weighted by molar-refractivity contribution is 0.793. The van der Waals surface area contributed by atoms with Crippen molar-refractivity contribution >= 4 is 22.4 Å². The van der Waals surface area contributed by atoms with E-state index in [4.69, 9.17) is 0 Å². The molecule has 3 rings (SSSR count). The van der Waals surface area contributed by atoms with Crippen LogP contribution in [0, 0.1) is 6.92 Å². The summed E-state index contributed by atoms with van der Waals surface area (Å²) in [6.45, 7) is 2.11. The number of benzene rings is 1. The van der Waals surface area contributed by atoms with Crippen molar-refractivity contribution in [1.29, 1.82) is 0 Å². The molecule has 1 aromatic carbocycles. The molecule has 2 nitrogen and oxygen atoms in total. The quantitative estimate of drug-likeness (QED) is 0.747. The van der Waals surface area contributed by atoms with E-state index in [1.807, 2.05) is 11.3 Å². The third-order valence-corrected chi connectivity index (χ3v) is 4.04. The molecule has 3 heteroatoms. The predicted molar refractivity (Wildman–Crippen MR) is 77.2 cm³/mol. The fraction of sp³-hybridized carbons (Fsp3) is 0.267. The van der Waals surface area contributed by atoms with E-state index in [2.05, 4.69) is 52.6 Å². The molecule has 0 saturated carbocycles. The molecule has 18 heavy (non-hydrogen) atoms. The zero-order chi connectivity index (χ0) is 12.4.